The normalized spacial score (nSPS) is 21.5. The van der Waals surface area contributed by atoms with Crippen molar-refractivity contribution in [3.63, 3.8) is 0 Å². The number of aliphatic carboxylic acids is 1. The zero-order valence-electron chi connectivity index (χ0n) is 11.4. The third-order valence-electron chi connectivity index (χ3n) is 3.75. The average Bonchev–Trinajstić information content (AvgIpc) is 3.15. The van der Waals surface area contributed by atoms with Crippen LogP contribution in [0.3, 0.4) is 0 Å². The Balaban J connectivity index is 1.65. The Kier molecular flexibility index (Phi) is 4.24. The summed E-state index contributed by atoms with van der Waals surface area (Å²) in [5, 5.41) is 13.2. The van der Waals surface area contributed by atoms with Gasteiger partial charge in [0.15, 0.2) is 5.82 Å². The molecule has 0 amide bonds. The van der Waals surface area contributed by atoms with Crippen LogP contribution in [0.25, 0.3) is 0 Å². The molecule has 6 heteroatoms. The number of carbonyl (C=O) groups is 1. The highest BCUT2D eigenvalue weighted by Crippen LogP contribution is 2.39. The maximum Gasteiger partial charge on any atom is 0.307 e. The van der Waals surface area contributed by atoms with Crippen LogP contribution in [-0.2, 0) is 10.5 Å². The van der Waals surface area contributed by atoms with Gasteiger partial charge in [-0.05, 0) is 25.0 Å². The lowest BCUT2D eigenvalue weighted by Gasteiger charge is -2.09. The highest BCUT2D eigenvalue weighted by atomic mass is 32.2. The second kappa shape index (κ2) is 6.30. The summed E-state index contributed by atoms with van der Waals surface area (Å²) in [6, 6.07) is 10.0. The largest absolute Gasteiger partial charge is 0.481 e. The van der Waals surface area contributed by atoms with Crippen molar-refractivity contribution in [1.82, 2.24) is 10.1 Å². The van der Waals surface area contributed by atoms with E-state index >= 15 is 0 Å². The molecule has 0 saturated heterocycles. The Morgan fingerprint density at radius 2 is 2.14 bits per heavy atom. The Hall–Kier alpha value is -1.82. The molecule has 0 radical (unpaired) electrons. The summed E-state index contributed by atoms with van der Waals surface area (Å²) >= 11 is 1.64. The third kappa shape index (κ3) is 3.26. The minimum Gasteiger partial charge on any atom is -0.481 e. The predicted octanol–water partition coefficient (Wildman–Crippen LogP) is 3.33. The lowest BCUT2D eigenvalue weighted by molar-refractivity contribution is -0.142. The number of rotatable bonds is 5. The molecular formula is C15H16N2O3S. The molecule has 1 aromatic heterocycles. The van der Waals surface area contributed by atoms with Gasteiger partial charge in [0.05, 0.1) is 17.6 Å². The number of carboxylic acids is 1. The van der Waals surface area contributed by atoms with E-state index in [1.165, 1.54) is 0 Å². The van der Waals surface area contributed by atoms with Crippen molar-refractivity contribution in [1.29, 1.82) is 0 Å². The quantitative estimate of drug-likeness (QED) is 0.854. The average molecular weight is 304 g/mol. The Morgan fingerprint density at radius 1 is 1.33 bits per heavy atom. The fourth-order valence-electron chi connectivity index (χ4n) is 2.69. The van der Waals surface area contributed by atoms with Crippen LogP contribution in [0, 0.1) is 5.92 Å². The van der Waals surface area contributed by atoms with Crippen molar-refractivity contribution in [2.75, 3.05) is 0 Å². The van der Waals surface area contributed by atoms with Crippen LogP contribution < -0.4 is 0 Å². The smallest absolute Gasteiger partial charge is 0.307 e. The fraction of sp³-hybridized carbons (Fsp3) is 0.400. The van der Waals surface area contributed by atoms with Crippen molar-refractivity contribution in [2.24, 2.45) is 5.92 Å². The summed E-state index contributed by atoms with van der Waals surface area (Å²) in [5.41, 5.74) is 0. The summed E-state index contributed by atoms with van der Waals surface area (Å²) in [4.78, 5) is 16.7. The molecule has 1 fully saturated rings. The third-order valence-corrected chi connectivity index (χ3v) is 4.75. The molecule has 2 unspecified atom stereocenters. The summed E-state index contributed by atoms with van der Waals surface area (Å²) in [6.45, 7) is 0. The van der Waals surface area contributed by atoms with E-state index in [0.717, 1.165) is 17.7 Å². The molecular weight excluding hydrogens is 288 g/mol. The topological polar surface area (TPSA) is 76.2 Å². The molecule has 1 aliphatic carbocycles. The first-order chi connectivity index (χ1) is 10.2. The van der Waals surface area contributed by atoms with E-state index in [1.807, 2.05) is 30.3 Å². The maximum atomic E-state index is 11.2. The summed E-state index contributed by atoms with van der Waals surface area (Å²) in [7, 11) is 0. The van der Waals surface area contributed by atoms with Crippen LogP contribution in [0.2, 0.25) is 0 Å². The number of hydrogen-bond acceptors (Lipinski definition) is 5. The fourth-order valence-corrected chi connectivity index (χ4v) is 3.46. The van der Waals surface area contributed by atoms with E-state index in [2.05, 4.69) is 10.1 Å². The van der Waals surface area contributed by atoms with Crippen LogP contribution >= 0.6 is 11.8 Å². The van der Waals surface area contributed by atoms with Gasteiger partial charge in [0, 0.05) is 4.90 Å². The van der Waals surface area contributed by atoms with E-state index in [-0.39, 0.29) is 11.8 Å². The zero-order valence-corrected chi connectivity index (χ0v) is 12.3. The van der Waals surface area contributed by atoms with Crippen LogP contribution in [0.1, 0.15) is 36.9 Å². The molecule has 5 nitrogen and oxygen atoms in total. The standard InChI is InChI=1S/C15H16N2O3S/c18-15(19)12-8-4-7-11(12)14-16-13(17-20-14)9-21-10-5-2-1-3-6-10/h1-3,5-6,11-12H,4,7-9H2,(H,18,19). The Bertz CT molecular complexity index is 614. The lowest BCUT2D eigenvalue weighted by atomic mass is 9.96. The Morgan fingerprint density at radius 3 is 2.90 bits per heavy atom. The molecule has 1 aliphatic rings. The lowest BCUT2D eigenvalue weighted by Crippen LogP contribution is -2.17. The van der Waals surface area contributed by atoms with Crippen molar-refractivity contribution in [3.8, 4) is 0 Å². The first-order valence-electron chi connectivity index (χ1n) is 6.97. The van der Waals surface area contributed by atoms with Crippen LogP contribution in [0.5, 0.6) is 0 Å². The number of aromatic nitrogens is 2. The number of thioether (sulfide) groups is 1. The van der Waals surface area contributed by atoms with E-state index in [0.29, 0.717) is 23.9 Å². The molecule has 0 bridgehead atoms. The van der Waals surface area contributed by atoms with Gasteiger partial charge in [-0.2, -0.15) is 4.98 Å². The minimum absolute atomic E-state index is 0.134. The van der Waals surface area contributed by atoms with Crippen molar-refractivity contribution in [2.45, 2.75) is 35.8 Å². The van der Waals surface area contributed by atoms with Crippen molar-refractivity contribution < 1.29 is 14.4 Å². The number of benzene rings is 1. The monoisotopic (exact) mass is 304 g/mol. The summed E-state index contributed by atoms with van der Waals surface area (Å²) in [6.07, 6.45) is 2.40. The number of carboxylic acid groups (broad SMARTS) is 1. The van der Waals surface area contributed by atoms with Gasteiger partial charge in [-0.3, -0.25) is 4.79 Å². The second-order valence-electron chi connectivity index (χ2n) is 5.13. The highest BCUT2D eigenvalue weighted by molar-refractivity contribution is 7.98. The SMILES string of the molecule is O=C(O)C1CCCC1c1nc(CSc2ccccc2)no1. The first kappa shape index (κ1) is 14.1. The predicted molar refractivity (Wildman–Crippen MR) is 78.0 cm³/mol. The highest BCUT2D eigenvalue weighted by Gasteiger charge is 2.37. The van der Waals surface area contributed by atoms with Gasteiger partial charge in [-0.1, -0.05) is 29.8 Å². The van der Waals surface area contributed by atoms with Crippen molar-refractivity contribution >= 4 is 17.7 Å². The molecule has 0 aliphatic heterocycles. The van der Waals surface area contributed by atoms with Crippen LogP contribution in [0.4, 0.5) is 0 Å². The number of nitrogens with zero attached hydrogens (tertiary/aromatic N) is 2. The molecule has 1 heterocycles. The molecule has 1 aromatic carbocycles. The molecule has 2 atom stereocenters. The summed E-state index contributed by atoms with van der Waals surface area (Å²) < 4.78 is 5.28. The van der Waals surface area contributed by atoms with Gasteiger partial charge in [-0.15, -0.1) is 11.8 Å². The molecule has 3 rings (SSSR count). The zero-order chi connectivity index (χ0) is 14.7. The van der Waals surface area contributed by atoms with Crippen LogP contribution in [-0.4, -0.2) is 21.2 Å². The molecule has 1 saturated carbocycles. The Labute approximate surface area is 126 Å². The maximum absolute atomic E-state index is 11.2. The number of hydrogen-bond donors (Lipinski definition) is 1. The molecule has 21 heavy (non-hydrogen) atoms. The van der Waals surface area contributed by atoms with Gasteiger partial charge >= 0.3 is 5.97 Å². The van der Waals surface area contributed by atoms with Gasteiger partial charge in [0.2, 0.25) is 5.89 Å². The summed E-state index contributed by atoms with van der Waals surface area (Å²) in [5.74, 6) is 0.428. The van der Waals surface area contributed by atoms with Gasteiger partial charge in [-0.25, -0.2) is 0 Å². The van der Waals surface area contributed by atoms with Crippen molar-refractivity contribution in [3.05, 3.63) is 42.0 Å². The van der Waals surface area contributed by atoms with Gasteiger partial charge in [0.1, 0.15) is 0 Å². The molecule has 1 N–H and O–H groups in total. The van der Waals surface area contributed by atoms with Gasteiger partial charge in [0.25, 0.3) is 0 Å². The van der Waals surface area contributed by atoms with Gasteiger partial charge < -0.3 is 9.63 Å². The molecule has 2 aromatic rings. The molecule has 110 valence electrons. The van der Waals surface area contributed by atoms with E-state index in [9.17, 15) is 9.90 Å². The van der Waals surface area contributed by atoms with E-state index in [4.69, 9.17) is 4.52 Å². The van der Waals surface area contributed by atoms with E-state index in [1.54, 1.807) is 11.8 Å². The first-order valence-corrected chi connectivity index (χ1v) is 7.96. The molecule has 0 spiro atoms. The minimum atomic E-state index is -0.768. The van der Waals surface area contributed by atoms with E-state index < -0.39 is 5.97 Å². The second-order valence-corrected chi connectivity index (χ2v) is 6.18. The van der Waals surface area contributed by atoms with Crippen LogP contribution in [0.15, 0.2) is 39.8 Å².